The van der Waals surface area contributed by atoms with Crippen molar-refractivity contribution >= 4 is 16.8 Å². The van der Waals surface area contributed by atoms with Gasteiger partial charge in [0.15, 0.2) is 0 Å². The van der Waals surface area contributed by atoms with Gasteiger partial charge in [0.25, 0.3) is 0 Å². The predicted octanol–water partition coefficient (Wildman–Crippen LogP) is 2.12. The Morgan fingerprint density at radius 3 is 3.00 bits per heavy atom. The lowest BCUT2D eigenvalue weighted by Gasteiger charge is -2.08. The number of amidine groups is 1. The third-order valence-corrected chi connectivity index (χ3v) is 2.14. The fourth-order valence-electron chi connectivity index (χ4n) is 1.47. The van der Waals surface area contributed by atoms with Crippen LogP contribution in [0.15, 0.2) is 28.9 Å². The van der Waals surface area contributed by atoms with Gasteiger partial charge in [-0.05, 0) is 25.1 Å². The van der Waals surface area contributed by atoms with E-state index < -0.39 is 0 Å². The van der Waals surface area contributed by atoms with Crippen molar-refractivity contribution in [2.24, 2.45) is 5.73 Å². The van der Waals surface area contributed by atoms with Gasteiger partial charge >= 0.3 is 0 Å². The van der Waals surface area contributed by atoms with E-state index in [4.69, 9.17) is 20.3 Å². The SMILES string of the molecule is CCOc1cc2ccoc2cc1C(=N)N. The van der Waals surface area contributed by atoms with Crippen molar-refractivity contribution in [2.75, 3.05) is 6.61 Å². The molecule has 0 bridgehead atoms. The molecular formula is C11H12N2O2. The van der Waals surface area contributed by atoms with Gasteiger partial charge in [0.05, 0.1) is 18.4 Å². The molecule has 2 rings (SSSR count). The number of nitrogen functional groups attached to an aromatic ring is 1. The molecule has 15 heavy (non-hydrogen) atoms. The first-order valence-corrected chi connectivity index (χ1v) is 4.71. The zero-order valence-electron chi connectivity index (χ0n) is 8.41. The summed E-state index contributed by atoms with van der Waals surface area (Å²) in [6, 6.07) is 5.41. The first-order valence-electron chi connectivity index (χ1n) is 4.71. The fourth-order valence-corrected chi connectivity index (χ4v) is 1.47. The average Bonchev–Trinajstić information content (AvgIpc) is 2.63. The van der Waals surface area contributed by atoms with Crippen LogP contribution in [-0.4, -0.2) is 12.4 Å². The van der Waals surface area contributed by atoms with Crippen molar-refractivity contribution in [1.29, 1.82) is 5.41 Å². The molecule has 0 radical (unpaired) electrons. The van der Waals surface area contributed by atoms with Gasteiger partial charge in [0, 0.05) is 5.39 Å². The second kappa shape index (κ2) is 3.65. The van der Waals surface area contributed by atoms with E-state index in [9.17, 15) is 0 Å². The highest BCUT2D eigenvalue weighted by atomic mass is 16.5. The second-order valence-electron chi connectivity index (χ2n) is 3.15. The molecule has 1 aromatic heterocycles. The molecular weight excluding hydrogens is 192 g/mol. The molecule has 0 atom stereocenters. The topological polar surface area (TPSA) is 72.2 Å². The van der Waals surface area contributed by atoms with Crippen molar-refractivity contribution in [3.05, 3.63) is 30.0 Å². The van der Waals surface area contributed by atoms with E-state index in [1.165, 1.54) is 0 Å². The van der Waals surface area contributed by atoms with Crippen LogP contribution >= 0.6 is 0 Å². The molecule has 0 spiro atoms. The lowest BCUT2D eigenvalue weighted by atomic mass is 10.1. The molecule has 0 saturated carbocycles. The monoisotopic (exact) mass is 204 g/mol. The van der Waals surface area contributed by atoms with Gasteiger partial charge in [0.1, 0.15) is 17.2 Å². The highest BCUT2D eigenvalue weighted by Gasteiger charge is 2.09. The largest absolute Gasteiger partial charge is 0.493 e. The van der Waals surface area contributed by atoms with Crippen LogP contribution in [0.1, 0.15) is 12.5 Å². The van der Waals surface area contributed by atoms with Crippen LogP contribution in [0.2, 0.25) is 0 Å². The number of hydrogen-bond acceptors (Lipinski definition) is 3. The van der Waals surface area contributed by atoms with Gasteiger partial charge in [0.2, 0.25) is 0 Å². The summed E-state index contributed by atoms with van der Waals surface area (Å²) in [5, 5.41) is 8.39. The van der Waals surface area contributed by atoms with Crippen LogP contribution in [0.4, 0.5) is 0 Å². The molecule has 4 heteroatoms. The first-order chi connectivity index (χ1) is 7.22. The molecule has 0 unspecified atom stereocenters. The normalized spacial score (nSPS) is 10.5. The molecule has 0 amide bonds. The summed E-state index contributed by atoms with van der Waals surface area (Å²) >= 11 is 0. The van der Waals surface area contributed by atoms with E-state index in [2.05, 4.69) is 0 Å². The van der Waals surface area contributed by atoms with Crippen LogP contribution < -0.4 is 10.5 Å². The van der Waals surface area contributed by atoms with Gasteiger partial charge < -0.3 is 14.9 Å². The summed E-state index contributed by atoms with van der Waals surface area (Å²) in [4.78, 5) is 0. The van der Waals surface area contributed by atoms with Gasteiger partial charge in [-0.3, -0.25) is 5.41 Å². The molecule has 0 aliphatic rings. The van der Waals surface area contributed by atoms with Crippen molar-refractivity contribution in [3.63, 3.8) is 0 Å². The van der Waals surface area contributed by atoms with Crippen LogP contribution in [0, 0.1) is 5.41 Å². The van der Waals surface area contributed by atoms with Crippen LogP contribution in [0.5, 0.6) is 5.75 Å². The highest BCUT2D eigenvalue weighted by Crippen LogP contribution is 2.26. The minimum Gasteiger partial charge on any atom is -0.493 e. The zero-order valence-corrected chi connectivity index (χ0v) is 8.41. The van der Waals surface area contributed by atoms with Crippen LogP contribution in [0.25, 0.3) is 11.0 Å². The Hall–Kier alpha value is -1.97. The number of benzene rings is 1. The zero-order chi connectivity index (χ0) is 10.8. The molecule has 2 aromatic rings. The number of nitrogens with two attached hydrogens (primary N) is 1. The summed E-state index contributed by atoms with van der Waals surface area (Å²) in [6.45, 7) is 2.44. The first kappa shape index (κ1) is 9.58. The summed E-state index contributed by atoms with van der Waals surface area (Å²) in [5.74, 6) is 0.607. The maximum Gasteiger partial charge on any atom is 0.134 e. The summed E-state index contributed by atoms with van der Waals surface area (Å²) in [5.41, 5.74) is 6.75. The Labute approximate surface area is 87.1 Å². The van der Waals surface area contributed by atoms with Gasteiger partial charge in [-0.15, -0.1) is 0 Å². The van der Waals surface area contributed by atoms with Gasteiger partial charge in [-0.1, -0.05) is 0 Å². The summed E-state index contributed by atoms with van der Waals surface area (Å²) in [6.07, 6.45) is 1.60. The van der Waals surface area contributed by atoms with Crippen LogP contribution in [-0.2, 0) is 0 Å². The van der Waals surface area contributed by atoms with Gasteiger partial charge in [-0.25, -0.2) is 0 Å². The number of rotatable bonds is 3. The smallest absolute Gasteiger partial charge is 0.134 e. The number of furan rings is 1. The van der Waals surface area contributed by atoms with Crippen molar-refractivity contribution in [3.8, 4) is 5.75 Å². The maximum atomic E-state index is 7.44. The number of nitrogens with one attached hydrogen (secondary N) is 1. The average molecular weight is 204 g/mol. The minimum absolute atomic E-state index is 0.0169. The highest BCUT2D eigenvalue weighted by molar-refractivity contribution is 6.01. The molecule has 1 aromatic carbocycles. The quantitative estimate of drug-likeness (QED) is 0.594. The second-order valence-corrected chi connectivity index (χ2v) is 3.15. The Balaban J connectivity index is 2.62. The standard InChI is InChI=1S/C11H12N2O2/c1-2-14-10-5-7-3-4-15-9(7)6-8(10)11(12)13/h3-6H,2H2,1H3,(H3,12,13). The lowest BCUT2D eigenvalue weighted by Crippen LogP contribution is -2.13. The molecule has 78 valence electrons. The summed E-state index contributed by atoms with van der Waals surface area (Å²) in [7, 11) is 0. The van der Waals surface area contributed by atoms with Crippen molar-refractivity contribution in [1.82, 2.24) is 0 Å². The van der Waals surface area contributed by atoms with Crippen molar-refractivity contribution < 1.29 is 9.15 Å². The lowest BCUT2D eigenvalue weighted by molar-refractivity contribution is 0.340. The van der Waals surface area contributed by atoms with E-state index in [1.807, 2.05) is 19.1 Å². The number of fused-ring (bicyclic) bond motifs is 1. The Morgan fingerprint density at radius 1 is 1.53 bits per heavy atom. The molecule has 3 N–H and O–H groups in total. The number of ether oxygens (including phenoxy) is 1. The van der Waals surface area contributed by atoms with E-state index >= 15 is 0 Å². The summed E-state index contributed by atoms with van der Waals surface area (Å²) < 4.78 is 10.6. The van der Waals surface area contributed by atoms with Crippen LogP contribution in [0.3, 0.4) is 0 Å². The third kappa shape index (κ3) is 1.66. The van der Waals surface area contributed by atoms with E-state index in [1.54, 1.807) is 12.3 Å². The van der Waals surface area contributed by atoms with E-state index in [0.717, 1.165) is 5.39 Å². The molecule has 0 aliphatic carbocycles. The fraction of sp³-hybridized carbons (Fsp3) is 0.182. The Kier molecular flexibility index (Phi) is 2.33. The van der Waals surface area contributed by atoms with E-state index in [-0.39, 0.29) is 5.84 Å². The molecule has 4 nitrogen and oxygen atoms in total. The van der Waals surface area contributed by atoms with Gasteiger partial charge in [-0.2, -0.15) is 0 Å². The Bertz CT molecular complexity index is 502. The third-order valence-electron chi connectivity index (χ3n) is 2.14. The molecule has 1 heterocycles. The van der Waals surface area contributed by atoms with E-state index in [0.29, 0.717) is 23.5 Å². The minimum atomic E-state index is -0.0169. The maximum absolute atomic E-state index is 7.44. The molecule has 0 saturated heterocycles. The molecule has 0 aliphatic heterocycles. The molecule has 0 fully saturated rings. The Morgan fingerprint density at radius 2 is 2.33 bits per heavy atom. The number of hydrogen-bond donors (Lipinski definition) is 2. The van der Waals surface area contributed by atoms with Crippen molar-refractivity contribution in [2.45, 2.75) is 6.92 Å². The predicted molar refractivity (Wildman–Crippen MR) is 58.4 cm³/mol.